The molecule has 0 spiro atoms. The van der Waals surface area contributed by atoms with E-state index in [0.29, 0.717) is 0 Å². The van der Waals surface area contributed by atoms with Crippen LogP contribution in [0.1, 0.15) is 42.9 Å². The van der Waals surface area contributed by atoms with Crippen molar-refractivity contribution in [1.82, 2.24) is 4.90 Å². The molecule has 2 nitrogen and oxygen atoms in total. The van der Waals surface area contributed by atoms with Crippen molar-refractivity contribution in [3.8, 4) is 0 Å². The molecule has 0 saturated carbocycles. The molecule has 0 atom stereocenters. The monoisotopic (exact) mass is 385 g/mol. The van der Waals surface area contributed by atoms with Gasteiger partial charge in [0, 0.05) is 18.5 Å². The summed E-state index contributed by atoms with van der Waals surface area (Å²) in [5, 5.41) is 11.1. The largest absolute Gasteiger partial charge is 0.385 e. The third kappa shape index (κ3) is 4.29. The number of aliphatic hydroxyl groups is 1. The molecule has 1 aliphatic heterocycles. The van der Waals surface area contributed by atoms with Gasteiger partial charge < -0.3 is 10.0 Å². The summed E-state index contributed by atoms with van der Waals surface area (Å²) >= 11 is 0. The van der Waals surface area contributed by atoms with Gasteiger partial charge in [0.05, 0.1) is 5.60 Å². The number of hydrogen-bond donors (Lipinski definition) is 1. The van der Waals surface area contributed by atoms with Crippen molar-refractivity contribution in [2.75, 3.05) is 19.6 Å². The van der Waals surface area contributed by atoms with Gasteiger partial charge in [-0.2, -0.15) is 0 Å². The van der Waals surface area contributed by atoms with E-state index in [4.69, 9.17) is 0 Å². The number of likely N-dealkylation sites (tertiary alicyclic amines) is 1. The summed E-state index contributed by atoms with van der Waals surface area (Å²) in [5.74, 6) is 0. The van der Waals surface area contributed by atoms with E-state index in [2.05, 4.69) is 84.6 Å². The molecule has 1 saturated heterocycles. The zero-order valence-electron chi connectivity index (χ0n) is 17.3. The van der Waals surface area contributed by atoms with E-state index in [9.17, 15) is 5.11 Å². The third-order valence-electron chi connectivity index (χ3n) is 6.74. The highest BCUT2D eigenvalue weighted by atomic mass is 16.3. The minimum absolute atomic E-state index is 0.0182. The number of piperidine rings is 1. The van der Waals surface area contributed by atoms with Crippen molar-refractivity contribution in [2.24, 2.45) is 0 Å². The Balaban J connectivity index is 1.46. The van der Waals surface area contributed by atoms with Crippen LogP contribution in [0.15, 0.2) is 91.0 Å². The number of rotatable bonds is 6. The first-order valence-electron chi connectivity index (χ1n) is 10.7. The highest BCUT2D eigenvalue weighted by molar-refractivity contribution is 5.38. The quantitative estimate of drug-likeness (QED) is 0.617. The van der Waals surface area contributed by atoms with Gasteiger partial charge in [-0.15, -0.1) is 0 Å². The van der Waals surface area contributed by atoms with Gasteiger partial charge in [0.2, 0.25) is 0 Å². The van der Waals surface area contributed by atoms with E-state index in [1.165, 1.54) is 11.1 Å². The van der Waals surface area contributed by atoms with Crippen LogP contribution in [0.2, 0.25) is 0 Å². The average molecular weight is 386 g/mol. The Kier molecular flexibility index (Phi) is 5.84. The van der Waals surface area contributed by atoms with Gasteiger partial charge in [0.15, 0.2) is 0 Å². The topological polar surface area (TPSA) is 23.5 Å². The maximum Gasteiger partial charge on any atom is 0.0920 e. The molecule has 0 unspecified atom stereocenters. The lowest BCUT2D eigenvalue weighted by atomic mass is 9.73. The minimum atomic E-state index is -0.681. The van der Waals surface area contributed by atoms with Crippen molar-refractivity contribution in [2.45, 2.75) is 37.2 Å². The predicted octanol–water partition coefficient (Wildman–Crippen LogP) is 5.37. The molecule has 0 bridgehead atoms. The maximum atomic E-state index is 11.1. The van der Waals surface area contributed by atoms with Crippen LogP contribution >= 0.6 is 0 Å². The summed E-state index contributed by atoms with van der Waals surface area (Å²) in [6.45, 7) is 5.27. The summed E-state index contributed by atoms with van der Waals surface area (Å²) in [5.41, 5.74) is 3.08. The van der Waals surface area contributed by atoms with E-state index in [0.717, 1.165) is 44.5 Å². The molecule has 3 aromatic rings. The van der Waals surface area contributed by atoms with Crippen molar-refractivity contribution in [3.63, 3.8) is 0 Å². The fraction of sp³-hybridized carbons (Fsp3) is 0.333. The number of benzene rings is 3. The van der Waals surface area contributed by atoms with E-state index in [1.807, 2.05) is 18.2 Å². The fourth-order valence-corrected chi connectivity index (χ4v) is 4.63. The van der Waals surface area contributed by atoms with Gasteiger partial charge in [-0.25, -0.2) is 0 Å². The van der Waals surface area contributed by atoms with E-state index in [1.54, 1.807) is 0 Å². The van der Waals surface area contributed by atoms with Crippen LogP contribution in [0.25, 0.3) is 0 Å². The fourth-order valence-electron chi connectivity index (χ4n) is 4.63. The Morgan fingerprint density at radius 2 is 1.21 bits per heavy atom. The summed E-state index contributed by atoms with van der Waals surface area (Å²) in [6.07, 6.45) is 2.65. The van der Waals surface area contributed by atoms with Crippen molar-refractivity contribution < 1.29 is 5.11 Å². The minimum Gasteiger partial charge on any atom is -0.385 e. The zero-order valence-corrected chi connectivity index (χ0v) is 17.3. The lowest BCUT2D eigenvalue weighted by molar-refractivity contribution is -0.0267. The lowest BCUT2D eigenvalue weighted by Crippen LogP contribution is -2.44. The first kappa shape index (κ1) is 19.9. The number of nitrogens with zero attached hydrogens (tertiary/aromatic N) is 1. The third-order valence-corrected chi connectivity index (χ3v) is 6.74. The Bertz CT molecular complexity index is 844. The molecule has 2 heteroatoms. The molecule has 1 aliphatic rings. The SMILES string of the molecule is CC(CCN1CCC(O)(c2ccccc2)CC1)(c1ccccc1)c1ccccc1. The molecular formula is C27H31NO. The highest BCUT2D eigenvalue weighted by Gasteiger charge is 2.35. The molecule has 0 aromatic heterocycles. The molecule has 1 N–H and O–H groups in total. The lowest BCUT2D eigenvalue weighted by Gasteiger charge is -2.40. The van der Waals surface area contributed by atoms with Crippen LogP contribution in [0.5, 0.6) is 0 Å². The van der Waals surface area contributed by atoms with Gasteiger partial charge in [-0.1, -0.05) is 97.9 Å². The summed E-state index contributed by atoms with van der Waals surface area (Å²) in [4.78, 5) is 2.52. The maximum absolute atomic E-state index is 11.1. The Labute approximate surface area is 174 Å². The van der Waals surface area contributed by atoms with E-state index < -0.39 is 5.60 Å². The molecule has 1 fully saturated rings. The van der Waals surface area contributed by atoms with Crippen molar-refractivity contribution in [3.05, 3.63) is 108 Å². The van der Waals surface area contributed by atoms with Crippen LogP contribution in [0, 0.1) is 0 Å². The van der Waals surface area contributed by atoms with Crippen LogP contribution in [0.4, 0.5) is 0 Å². The van der Waals surface area contributed by atoms with Crippen molar-refractivity contribution in [1.29, 1.82) is 0 Å². The second kappa shape index (κ2) is 8.52. The van der Waals surface area contributed by atoms with Crippen molar-refractivity contribution >= 4 is 0 Å². The molecule has 150 valence electrons. The molecule has 0 amide bonds. The van der Waals surface area contributed by atoms with Gasteiger partial charge in [0.25, 0.3) is 0 Å². The molecule has 0 aliphatic carbocycles. The van der Waals surface area contributed by atoms with Gasteiger partial charge in [0.1, 0.15) is 0 Å². The van der Waals surface area contributed by atoms with E-state index in [-0.39, 0.29) is 5.41 Å². The van der Waals surface area contributed by atoms with Crippen LogP contribution < -0.4 is 0 Å². The first-order chi connectivity index (χ1) is 14.1. The summed E-state index contributed by atoms with van der Waals surface area (Å²) < 4.78 is 0. The second-order valence-corrected chi connectivity index (χ2v) is 8.55. The Morgan fingerprint density at radius 1 is 0.759 bits per heavy atom. The molecule has 0 radical (unpaired) electrons. The second-order valence-electron chi connectivity index (χ2n) is 8.55. The van der Waals surface area contributed by atoms with Crippen LogP contribution in [0.3, 0.4) is 0 Å². The highest BCUT2D eigenvalue weighted by Crippen LogP contribution is 2.37. The molecule has 29 heavy (non-hydrogen) atoms. The van der Waals surface area contributed by atoms with Crippen LogP contribution in [-0.4, -0.2) is 29.6 Å². The smallest absolute Gasteiger partial charge is 0.0920 e. The Hall–Kier alpha value is -2.42. The van der Waals surface area contributed by atoms with Gasteiger partial charge >= 0.3 is 0 Å². The molecule has 1 heterocycles. The normalized spacial score (nSPS) is 17.2. The molecule has 3 aromatic carbocycles. The molecule has 4 rings (SSSR count). The zero-order chi connectivity index (χ0) is 20.2. The van der Waals surface area contributed by atoms with E-state index >= 15 is 0 Å². The predicted molar refractivity (Wildman–Crippen MR) is 120 cm³/mol. The number of hydrogen-bond acceptors (Lipinski definition) is 2. The summed E-state index contributed by atoms with van der Waals surface area (Å²) in [7, 11) is 0. The average Bonchev–Trinajstić information content (AvgIpc) is 2.80. The van der Waals surface area contributed by atoms with Gasteiger partial charge in [-0.3, -0.25) is 0 Å². The Morgan fingerprint density at radius 3 is 1.69 bits per heavy atom. The summed E-state index contributed by atoms with van der Waals surface area (Å²) in [6, 6.07) is 31.9. The van der Waals surface area contributed by atoms with Gasteiger partial charge in [-0.05, 0) is 42.5 Å². The first-order valence-corrected chi connectivity index (χ1v) is 10.7. The standard InChI is InChI=1S/C27H31NO/c1-26(23-11-5-2-6-12-23,24-13-7-3-8-14-24)17-20-28-21-18-27(29,19-22-28)25-15-9-4-10-16-25/h2-16,29H,17-22H2,1H3. The molecular weight excluding hydrogens is 354 g/mol. The van der Waals surface area contributed by atoms with Crippen LogP contribution in [-0.2, 0) is 11.0 Å².